The van der Waals surface area contributed by atoms with Gasteiger partial charge in [-0.25, -0.2) is 0 Å². The number of aromatic nitrogens is 2. The number of rotatable bonds is 8. The summed E-state index contributed by atoms with van der Waals surface area (Å²) in [5.74, 6) is 0. The van der Waals surface area contributed by atoms with E-state index in [1.165, 1.54) is 31.2 Å². The van der Waals surface area contributed by atoms with Crippen LogP contribution in [0.15, 0.2) is 6.20 Å². The topological polar surface area (TPSA) is 29.9 Å². The van der Waals surface area contributed by atoms with Gasteiger partial charge in [0.1, 0.15) is 0 Å². The summed E-state index contributed by atoms with van der Waals surface area (Å²) in [7, 11) is 0. The van der Waals surface area contributed by atoms with Crippen LogP contribution >= 0.6 is 0 Å². The van der Waals surface area contributed by atoms with Crippen molar-refractivity contribution in [3.63, 3.8) is 0 Å². The molecule has 0 amide bonds. The van der Waals surface area contributed by atoms with E-state index < -0.39 is 0 Å². The van der Waals surface area contributed by atoms with E-state index in [4.69, 9.17) is 0 Å². The molecule has 0 radical (unpaired) electrons. The summed E-state index contributed by atoms with van der Waals surface area (Å²) in [4.78, 5) is 0. The lowest BCUT2D eigenvalue weighted by Gasteiger charge is -2.06. The molecule has 3 nitrogen and oxygen atoms in total. The Bertz CT molecular complexity index is 315. The van der Waals surface area contributed by atoms with E-state index in [9.17, 15) is 0 Å². The van der Waals surface area contributed by atoms with Crippen molar-refractivity contribution in [2.75, 3.05) is 0 Å². The molecule has 98 valence electrons. The molecule has 0 unspecified atom stereocenters. The second kappa shape index (κ2) is 7.49. The van der Waals surface area contributed by atoms with Crippen LogP contribution in [0.25, 0.3) is 0 Å². The predicted molar refractivity (Wildman–Crippen MR) is 73.1 cm³/mol. The highest BCUT2D eigenvalue weighted by atomic mass is 15.3. The Kier molecular flexibility index (Phi) is 6.27. The SMILES string of the molecule is CCCCCCn1cc(CNC(C)C)c(C)n1. The number of hydrogen-bond donors (Lipinski definition) is 1. The maximum Gasteiger partial charge on any atom is 0.0638 e. The highest BCUT2D eigenvalue weighted by molar-refractivity contribution is 5.15. The molecule has 0 aliphatic heterocycles. The van der Waals surface area contributed by atoms with E-state index in [2.05, 4.69) is 49.0 Å². The van der Waals surface area contributed by atoms with E-state index in [1.54, 1.807) is 0 Å². The monoisotopic (exact) mass is 237 g/mol. The van der Waals surface area contributed by atoms with Gasteiger partial charge in [0.05, 0.1) is 5.69 Å². The van der Waals surface area contributed by atoms with Crippen molar-refractivity contribution in [2.45, 2.75) is 72.5 Å². The van der Waals surface area contributed by atoms with E-state index in [1.807, 2.05) is 0 Å². The van der Waals surface area contributed by atoms with Crippen LogP contribution in [0.3, 0.4) is 0 Å². The summed E-state index contributed by atoms with van der Waals surface area (Å²) in [5.41, 5.74) is 2.49. The molecular weight excluding hydrogens is 210 g/mol. The van der Waals surface area contributed by atoms with Gasteiger partial charge in [-0.15, -0.1) is 0 Å². The second-order valence-electron chi connectivity index (χ2n) is 5.10. The number of hydrogen-bond acceptors (Lipinski definition) is 2. The van der Waals surface area contributed by atoms with Crippen LogP contribution in [0.4, 0.5) is 0 Å². The van der Waals surface area contributed by atoms with Crippen LogP contribution in [-0.4, -0.2) is 15.8 Å². The van der Waals surface area contributed by atoms with Gasteiger partial charge in [0.25, 0.3) is 0 Å². The molecular formula is C14H27N3. The zero-order valence-corrected chi connectivity index (χ0v) is 11.8. The van der Waals surface area contributed by atoms with Crippen LogP contribution in [0.2, 0.25) is 0 Å². The lowest BCUT2D eigenvalue weighted by atomic mass is 10.2. The van der Waals surface area contributed by atoms with Crippen molar-refractivity contribution in [1.82, 2.24) is 15.1 Å². The molecule has 0 spiro atoms. The molecule has 0 saturated carbocycles. The Morgan fingerprint density at radius 2 is 2.06 bits per heavy atom. The number of nitrogens with one attached hydrogen (secondary N) is 1. The summed E-state index contributed by atoms with van der Waals surface area (Å²) >= 11 is 0. The molecule has 17 heavy (non-hydrogen) atoms. The molecule has 0 aromatic carbocycles. The Hall–Kier alpha value is -0.830. The van der Waals surface area contributed by atoms with Gasteiger partial charge in [-0.05, 0) is 13.3 Å². The molecule has 1 aromatic heterocycles. The zero-order chi connectivity index (χ0) is 12.7. The van der Waals surface area contributed by atoms with Crippen molar-refractivity contribution < 1.29 is 0 Å². The molecule has 0 fully saturated rings. The van der Waals surface area contributed by atoms with Gasteiger partial charge in [-0.3, -0.25) is 4.68 Å². The summed E-state index contributed by atoms with van der Waals surface area (Å²) in [5, 5.41) is 8.00. The minimum absolute atomic E-state index is 0.530. The summed E-state index contributed by atoms with van der Waals surface area (Å²) in [6, 6.07) is 0.530. The van der Waals surface area contributed by atoms with Crippen LogP contribution in [-0.2, 0) is 13.1 Å². The van der Waals surface area contributed by atoms with Gasteiger partial charge < -0.3 is 5.32 Å². The normalized spacial score (nSPS) is 11.4. The Labute approximate surface area is 106 Å². The summed E-state index contributed by atoms with van der Waals surface area (Å²) in [6.07, 6.45) is 7.38. The van der Waals surface area contributed by atoms with Crippen LogP contribution in [0, 0.1) is 6.92 Å². The first-order valence-corrected chi connectivity index (χ1v) is 6.89. The van der Waals surface area contributed by atoms with Crippen molar-refractivity contribution in [1.29, 1.82) is 0 Å². The van der Waals surface area contributed by atoms with Gasteiger partial charge in [-0.1, -0.05) is 40.0 Å². The van der Waals surface area contributed by atoms with E-state index in [0.717, 1.165) is 18.8 Å². The molecule has 0 saturated heterocycles. The van der Waals surface area contributed by atoms with Crippen molar-refractivity contribution >= 4 is 0 Å². The zero-order valence-electron chi connectivity index (χ0n) is 11.8. The largest absolute Gasteiger partial charge is 0.310 e. The molecule has 0 bridgehead atoms. The second-order valence-corrected chi connectivity index (χ2v) is 5.10. The number of nitrogens with zero attached hydrogens (tertiary/aromatic N) is 2. The number of unbranched alkanes of at least 4 members (excludes halogenated alkanes) is 3. The van der Waals surface area contributed by atoms with Crippen molar-refractivity contribution in [3.8, 4) is 0 Å². The van der Waals surface area contributed by atoms with E-state index in [-0.39, 0.29) is 0 Å². The molecule has 1 heterocycles. The average molecular weight is 237 g/mol. The first-order valence-electron chi connectivity index (χ1n) is 6.89. The van der Waals surface area contributed by atoms with Crippen molar-refractivity contribution in [3.05, 3.63) is 17.5 Å². The highest BCUT2D eigenvalue weighted by Gasteiger charge is 2.04. The third-order valence-corrected chi connectivity index (χ3v) is 2.99. The van der Waals surface area contributed by atoms with E-state index in [0.29, 0.717) is 6.04 Å². The van der Waals surface area contributed by atoms with Gasteiger partial charge in [-0.2, -0.15) is 5.10 Å². The van der Waals surface area contributed by atoms with Gasteiger partial charge in [0, 0.05) is 30.9 Å². The lowest BCUT2D eigenvalue weighted by Crippen LogP contribution is -2.21. The molecule has 1 rings (SSSR count). The molecule has 3 heteroatoms. The van der Waals surface area contributed by atoms with Gasteiger partial charge in [0.15, 0.2) is 0 Å². The Balaban J connectivity index is 2.38. The molecule has 1 aromatic rings. The molecule has 1 N–H and O–H groups in total. The first kappa shape index (κ1) is 14.2. The average Bonchev–Trinajstić information content (AvgIpc) is 2.63. The number of aryl methyl sites for hydroxylation is 2. The third-order valence-electron chi connectivity index (χ3n) is 2.99. The maximum atomic E-state index is 4.56. The van der Waals surface area contributed by atoms with Crippen LogP contribution in [0.5, 0.6) is 0 Å². The summed E-state index contributed by atoms with van der Waals surface area (Å²) < 4.78 is 2.10. The minimum Gasteiger partial charge on any atom is -0.310 e. The van der Waals surface area contributed by atoms with Gasteiger partial charge in [0.2, 0.25) is 0 Å². The third kappa shape index (κ3) is 5.35. The Morgan fingerprint density at radius 3 is 2.71 bits per heavy atom. The lowest BCUT2D eigenvalue weighted by molar-refractivity contribution is 0.538. The smallest absolute Gasteiger partial charge is 0.0638 e. The quantitative estimate of drug-likeness (QED) is 0.703. The predicted octanol–water partition coefficient (Wildman–Crippen LogP) is 3.27. The fourth-order valence-electron chi connectivity index (χ4n) is 1.86. The highest BCUT2D eigenvalue weighted by Crippen LogP contribution is 2.08. The maximum absolute atomic E-state index is 4.56. The van der Waals surface area contributed by atoms with Crippen LogP contribution < -0.4 is 5.32 Å². The molecule has 0 aliphatic rings. The minimum atomic E-state index is 0.530. The van der Waals surface area contributed by atoms with Gasteiger partial charge >= 0.3 is 0 Å². The molecule has 0 aliphatic carbocycles. The van der Waals surface area contributed by atoms with E-state index >= 15 is 0 Å². The Morgan fingerprint density at radius 1 is 1.29 bits per heavy atom. The van der Waals surface area contributed by atoms with Crippen molar-refractivity contribution in [2.24, 2.45) is 0 Å². The first-order chi connectivity index (χ1) is 8.13. The summed E-state index contributed by atoms with van der Waals surface area (Å²) in [6.45, 7) is 10.7. The molecule has 0 atom stereocenters. The standard InChI is InChI=1S/C14H27N3/c1-5-6-7-8-9-17-11-14(13(4)16-17)10-15-12(2)3/h11-12,15H,5-10H2,1-4H3. The fraction of sp³-hybridized carbons (Fsp3) is 0.786. The van der Waals surface area contributed by atoms with Crippen LogP contribution in [0.1, 0.15) is 57.7 Å². The fourth-order valence-corrected chi connectivity index (χ4v) is 1.86.